The molecule has 8 heteroatoms. The lowest BCUT2D eigenvalue weighted by atomic mass is 10.2. The third kappa shape index (κ3) is 3.61. The number of thioether (sulfide) groups is 1. The summed E-state index contributed by atoms with van der Waals surface area (Å²) < 4.78 is 0. The Balaban J connectivity index is 1.74. The molecule has 0 radical (unpaired) electrons. The lowest BCUT2D eigenvalue weighted by molar-refractivity contribution is -0.115. The predicted octanol–water partition coefficient (Wildman–Crippen LogP) is 4.28. The van der Waals surface area contributed by atoms with Gasteiger partial charge in [0.05, 0.1) is 26.3 Å². The monoisotopic (exact) mass is 381 g/mol. The van der Waals surface area contributed by atoms with Crippen molar-refractivity contribution in [3.05, 3.63) is 56.9 Å². The molecule has 0 aliphatic heterocycles. The van der Waals surface area contributed by atoms with E-state index in [1.54, 1.807) is 43.3 Å². The number of nitrogens with one attached hydrogen (secondary N) is 3. The van der Waals surface area contributed by atoms with Crippen molar-refractivity contribution in [2.75, 3.05) is 5.32 Å². The van der Waals surface area contributed by atoms with E-state index in [1.807, 2.05) is 0 Å². The van der Waals surface area contributed by atoms with E-state index in [0.29, 0.717) is 31.7 Å². The number of amides is 1. The van der Waals surface area contributed by atoms with Crippen LogP contribution in [0.5, 0.6) is 0 Å². The number of carbonyl (C=O) groups is 1. The van der Waals surface area contributed by atoms with Gasteiger partial charge < -0.3 is 15.3 Å². The summed E-state index contributed by atoms with van der Waals surface area (Å²) in [6, 6.07) is 10.4. The Morgan fingerprint density at radius 1 is 1.12 bits per heavy atom. The van der Waals surface area contributed by atoms with Gasteiger partial charge in [0, 0.05) is 10.6 Å². The second-order valence-corrected chi connectivity index (χ2v) is 7.31. The molecule has 2 aromatic carbocycles. The van der Waals surface area contributed by atoms with Gasteiger partial charge in [-0.15, -0.1) is 11.8 Å². The number of halogens is 2. The van der Waals surface area contributed by atoms with Gasteiger partial charge in [0.2, 0.25) is 5.91 Å². The van der Waals surface area contributed by atoms with Gasteiger partial charge in [-0.05, 0) is 37.3 Å². The molecular formula is C16H13Cl2N3O2S. The van der Waals surface area contributed by atoms with Crippen LogP contribution < -0.4 is 11.0 Å². The van der Waals surface area contributed by atoms with Gasteiger partial charge in [0.15, 0.2) is 0 Å². The van der Waals surface area contributed by atoms with Crippen LogP contribution in [-0.4, -0.2) is 21.1 Å². The van der Waals surface area contributed by atoms with E-state index in [9.17, 15) is 9.59 Å². The van der Waals surface area contributed by atoms with Gasteiger partial charge in [-0.2, -0.15) is 0 Å². The number of imidazole rings is 1. The van der Waals surface area contributed by atoms with E-state index in [-0.39, 0.29) is 11.6 Å². The van der Waals surface area contributed by atoms with E-state index in [2.05, 4.69) is 15.3 Å². The molecule has 5 nitrogen and oxygen atoms in total. The maximum Gasteiger partial charge on any atom is 0.323 e. The van der Waals surface area contributed by atoms with Crippen molar-refractivity contribution in [3.63, 3.8) is 0 Å². The summed E-state index contributed by atoms with van der Waals surface area (Å²) in [6.45, 7) is 1.77. The van der Waals surface area contributed by atoms with E-state index in [1.165, 1.54) is 11.8 Å². The van der Waals surface area contributed by atoms with Crippen LogP contribution in [0.15, 0.2) is 46.1 Å². The first-order valence-electron chi connectivity index (χ1n) is 7.07. The second kappa shape index (κ2) is 6.93. The molecule has 1 atom stereocenters. The number of fused-ring (bicyclic) bond motifs is 1. The lowest BCUT2D eigenvalue weighted by Gasteiger charge is -2.14. The van der Waals surface area contributed by atoms with Gasteiger partial charge in [-0.3, -0.25) is 4.79 Å². The van der Waals surface area contributed by atoms with Crippen molar-refractivity contribution >= 4 is 57.6 Å². The number of aromatic nitrogens is 2. The molecule has 0 unspecified atom stereocenters. The lowest BCUT2D eigenvalue weighted by Crippen LogP contribution is -2.22. The molecule has 0 fully saturated rings. The summed E-state index contributed by atoms with van der Waals surface area (Å²) in [5, 5.41) is 3.45. The number of hydrogen-bond acceptors (Lipinski definition) is 3. The molecule has 1 aromatic heterocycles. The summed E-state index contributed by atoms with van der Waals surface area (Å²) in [5.74, 6) is -0.187. The van der Waals surface area contributed by atoms with E-state index in [4.69, 9.17) is 23.2 Å². The van der Waals surface area contributed by atoms with E-state index in [0.717, 1.165) is 0 Å². The standard InChI is InChI=1S/C16H13Cl2N3O2S/c1-8(24-14-10(17)3-2-4-11(14)18)15(22)19-9-5-6-12-13(7-9)21-16(23)20-12/h2-8H,1H3,(H,19,22)(H2,20,21,23)/t8-/m1/s1. The summed E-state index contributed by atoms with van der Waals surface area (Å²) >= 11 is 13.6. The molecule has 0 aliphatic rings. The fourth-order valence-corrected chi connectivity index (χ4v) is 3.73. The van der Waals surface area contributed by atoms with Crippen molar-refractivity contribution < 1.29 is 4.79 Å². The molecular weight excluding hydrogens is 369 g/mol. The van der Waals surface area contributed by atoms with Crippen LogP contribution in [-0.2, 0) is 4.79 Å². The smallest absolute Gasteiger partial charge is 0.323 e. The zero-order valence-electron chi connectivity index (χ0n) is 12.5. The number of hydrogen-bond donors (Lipinski definition) is 3. The van der Waals surface area contributed by atoms with Crippen LogP contribution in [0.4, 0.5) is 5.69 Å². The van der Waals surface area contributed by atoms with E-state index >= 15 is 0 Å². The van der Waals surface area contributed by atoms with Crippen LogP contribution in [0, 0.1) is 0 Å². The first-order valence-corrected chi connectivity index (χ1v) is 8.71. The third-order valence-electron chi connectivity index (χ3n) is 3.37. The number of anilines is 1. The highest BCUT2D eigenvalue weighted by molar-refractivity contribution is 8.00. The Morgan fingerprint density at radius 2 is 1.79 bits per heavy atom. The van der Waals surface area contributed by atoms with Crippen LogP contribution in [0.3, 0.4) is 0 Å². The first-order chi connectivity index (χ1) is 11.4. The number of H-pyrrole nitrogens is 2. The van der Waals surface area contributed by atoms with Gasteiger partial charge in [-0.1, -0.05) is 29.3 Å². The van der Waals surface area contributed by atoms with Gasteiger partial charge >= 0.3 is 5.69 Å². The Bertz CT molecular complexity index is 947. The topological polar surface area (TPSA) is 77.8 Å². The summed E-state index contributed by atoms with van der Waals surface area (Å²) in [4.78, 5) is 29.6. The number of benzene rings is 2. The van der Waals surface area contributed by atoms with Crippen LogP contribution in [0.1, 0.15) is 6.92 Å². The van der Waals surface area contributed by atoms with Crippen LogP contribution in [0.25, 0.3) is 11.0 Å². The van der Waals surface area contributed by atoms with Gasteiger partial charge in [0.1, 0.15) is 0 Å². The largest absolute Gasteiger partial charge is 0.325 e. The molecule has 0 saturated heterocycles. The molecule has 0 saturated carbocycles. The minimum Gasteiger partial charge on any atom is -0.325 e. The number of carbonyl (C=O) groups excluding carboxylic acids is 1. The normalized spacial score (nSPS) is 12.3. The molecule has 3 aromatic rings. The molecule has 0 bridgehead atoms. The summed E-state index contributed by atoms with van der Waals surface area (Å²) in [6.07, 6.45) is 0. The average molecular weight is 382 g/mol. The average Bonchev–Trinajstić information content (AvgIpc) is 2.90. The fraction of sp³-hybridized carbons (Fsp3) is 0.125. The Hall–Kier alpha value is -1.89. The maximum absolute atomic E-state index is 12.4. The number of rotatable bonds is 4. The van der Waals surface area contributed by atoms with Crippen molar-refractivity contribution in [3.8, 4) is 0 Å². The Morgan fingerprint density at radius 3 is 2.50 bits per heavy atom. The zero-order valence-corrected chi connectivity index (χ0v) is 14.9. The molecule has 0 aliphatic carbocycles. The van der Waals surface area contributed by atoms with Crippen molar-refractivity contribution in [2.45, 2.75) is 17.1 Å². The molecule has 1 heterocycles. The van der Waals surface area contributed by atoms with Crippen molar-refractivity contribution in [1.29, 1.82) is 0 Å². The maximum atomic E-state index is 12.4. The molecule has 3 N–H and O–H groups in total. The minimum atomic E-state index is -0.400. The highest BCUT2D eigenvalue weighted by atomic mass is 35.5. The minimum absolute atomic E-state index is 0.187. The van der Waals surface area contributed by atoms with Crippen LogP contribution >= 0.6 is 35.0 Å². The fourth-order valence-electron chi connectivity index (χ4n) is 2.18. The van der Waals surface area contributed by atoms with Crippen molar-refractivity contribution in [1.82, 2.24) is 9.97 Å². The second-order valence-electron chi connectivity index (χ2n) is 5.14. The SMILES string of the molecule is C[C@@H](Sc1c(Cl)cccc1Cl)C(=O)Nc1ccc2[nH]c(=O)[nH]c2c1. The molecule has 0 spiro atoms. The van der Waals surface area contributed by atoms with E-state index < -0.39 is 5.25 Å². The van der Waals surface area contributed by atoms with Crippen molar-refractivity contribution in [2.24, 2.45) is 0 Å². The highest BCUT2D eigenvalue weighted by Crippen LogP contribution is 2.36. The quantitative estimate of drug-likeness (QED) is 0.590. The Kier molecular flexibility index (Phi) is 4.89. The number of aromatic amines is 2. The van der Waals surface area contributed by atoms with Crippen LogP contribution in [0.2, 0.25) is 10.0 Å². The Labute approximate surface area is 151 Å². The predicted molar refractivity (Wildman–Crippen MR) is 99.3 cm³/mol. The molecule has 3 rings (SSSR count). The van der Waals surface area contributed by atoms with Gasteiger partial charge in [-0.25, -0.2) is 4.79 Å². The summed E-state index contributed by atoms with van der Waals surface area (Å²) in [7, 11) is 0. The van der Waals surface area contributed by atoms with Gasteiger partial charge in [0.25, 0.3) is 0 Å². The third-order valence-corrected chi connectivity index (χ3v) is 5.46. The zero-order chi connectivity index (χ0) is 17.3. The molecule has 1 amide bonds. The molecule has 24 heavy (non-hydrogen) atoms. The summed E-state index contributed by atoms with van der Waals surface area (Å²) in [5.41, 5.74) is 1.63. The molecule has 124 valence electrons. The highest BCUT2D eigenvalue weighted by Gasteiger charge is 2.18. The first kappa shape index (κ1) is 17.0.